The van der Waals surface area contributed by atoms with Gasteiger partial charge < -0.3 is 9.88 Å². The Labute approximate surface area is 116 Å². The molecule has 2 rings (SSSR count). The molecule has 0 amide bonds. The van der Waals surface area contributed by atoms with Gasteiger partial charge in [0.15, 0.2) is 0 Å². The number of rotatable bonds is 6. The molecule has 2 aromatic rings. The Hall–Kier alpha value is -1.35. The molecule has 0 radical (unpaired) electrons. The minimum Gasteiger partial charge on any atom is -0.324 e. The number of nitrogens with zero attached hydrogens (tertiary/aromatic N) is 2. The number of aryl methyl sites for hydroxylation is 1. The summed E-state index contributed by atoms with van der Waals surface area (Å²) < 4.78 is 2.37. The molecule has 0 aliphatic rings. The van der Waals surface area contributed by atoms with Crippen molar-refractivity contribution in [3.05, 3.63) is 30.1 Å². The maximum absolute atomic E-state index is 4.67. The number of benzene rings is 1. The van der Waals surface area contributed by atoms with Gasteiger partial charge in [-0.25, -0.2) is 4.98 Å². The third-order valence-electron chi connectivity index (χ3n) is 3.86. The second-order valence-electron chi connectivity index (χ2n) is 5.23. The summed E-state index contributed by atoms with van der Waals surface area (Å²) >= 11 is 0. The van der Waals surface area contributed by atoms with Crippen molar-refractivity contribution in [2.45, 2.75) is 52.6 Å². The molecule has 2 atom stereocenters. The molecule has 104 valence electrons. The minimum absolute atomic E-state index is 0.420. The van der Waals surface area contributed by atoms with Gasteiger partial charge in [0.2, 0.25) is 0 Å². The van der Waals surface area contributed by atoms with E-state index < -0.39 is 0 Å². The lowest BCUT2D eigenvalue weighted by Gasteiger charge is -2.26. The molecule has 0 aliphatic carbocycles. The van der Waals surface area contributed by atoms with Gasteiger partial charge in [0.1, 0.15) is 5.82 Å². The van der Waals surface area contributed by atoms with Gasteiger partial charge in [0, 0.05) is 12.1 Å². The maximum atomic E-state index is 4.67. The molecule has 0 aliphatic heterocycles. The summed E-state index contributed by atoms with van der Waals surface area (Å²) in [5, 5.41) is 3.65. The van der Waals surface area contributed by atoms with E-state index in [9.17, 15) is 0 Å². The quantitative estimate of drug-likeness (QED) is 0.857. The first-order valence-corrected chi connectivity index (χ1v) is 7.36. The predicted molar refractivity (Wildman–Crippen MR) is 81.6 cm³/mol. The summed E-state index contributed by atoms with van der Waals surface area (Å²) in [7, 11) is 0. The Morgan fingerprint density at radius 2 is 2.00 bits per heavy atom. The molecule has 3 heteroatoms. The standard InChI is InChI=1S/C16H25N3/c1-5-11-17-14(6-2)12(3)19-13(4)18-15-9-7-8-10-16(15)19/h7-10,12,14,17H,5-6,11H2,1-4H3. The molecule has 19 heavy (non-hydrogen) atoms. The SMILES string of the molecule is CCCNC(CC)C(C)n1c(C)nc2ccccc21. The molecular weight excluding hydrogens is 234 g/mol. The average molecular weight is 259 g/mol. The van der Waals surface area contributed by atoms with E-state index in [1.54, 1.807) is 0 Å². The van der Waals surface area contributed by atoms with Crippen LogP contribution in [0.4, 0.5) is 0 Å². The first-order chi connectivity index (χ1) is 9.19. The molecule has 1 heterocycles. The van der Waals surface area contributed by atoms with Crippen molar-refractivity contribution in [2.75, 3.05) is 6.54 Å². The highest BCUT2D eigenvalue weighted by Crippen LogP contribution is 2.23. The fourth-order valence-corrected chi connectivity index (χ4v) is 2.84. The normalized spacial score (nSPS) is 14.7. The monoisotopic (exact) mass is 259 g/mol. The minimum atomic E-state index is 0.420. The van der Waals surface area contributed by atoms with Crippen LogP contribution in [-0.2, 0) is 0 Å². The zero-order valence-corrected chi connectivity index (χ0v) is 12.5. The summed E-state index contributed by atoms with van der Waals surface area (Å²) in [6, 6.07) is 9.31. The predicted octanol–water partition coefficient (Wildman–Crippen LogP) is 3.68. The van der Waals surface area contributed by atoms with E-state index in [-0.39, 0.29) is 0 Å². The van der Waals surface area contributed by atoms with Crippen molar-refractivity contribution in [1.82, 2.24) is 14.9 Å². The van der Waals surface area contributed by atoms with Crippen molar-refractivity contribution in [3.63, 3.8) is 0 Å². The lowest BCUT2D eigenvalue weighted by molar-refractivity contribution is 0.363. The second kappa shape index (κ2) is 6.20. The first kappa shape index (κ1) is 14.1. The molecule has 0 saturated heterocycles. The van der Waals surface area contributed by atoms with Crippen LogP contribution in [0.2, 0.25) is 0 Å². The smallest absolute Gasteiger partial charge is 0.107 e. The Balaban J connectivity index is 2.34. The Bertz CT molecular complexity index is 530. The summed E-state index contributed by atoms with van der Waals surface area (Å²) in [5.41, 5.74) is 2.33. The third-order valence-corrected chi connectivity index (χ3v) is 3.86. The van der Waals surface area contributed by atoms with Gasteiger partial charge in [-0.2, -0.15) is 0 Å². The lowest BCUT2D eigenvalue weighted by atomic mass is 10.1. The highest BCUT2D eigenvalue weighted by molar-refractivity contribution is 5.76. The highest BCUT2D eigenvalue weighted by atomic mass is 15.1. The van der Waals surface area contributed by atoms with Crippen molar-refractivity contribution in [1.29, 1.82) is 0 Å². The van der Waals surface area contributed by atoms with Crippen LogP contribution in [-0.4, -0.2) is 22.1 Å². The highest BCUT2D eigenvalue weighted by Gasteiger charge is 2.20. The van der Waals surface area contributed by atoms with Crippen molar-refractivity contribution >= 4 is 11.0 Å². The summed E-state index contributed by atoms with van der Waals surface area (Å²) in [4.78, 5) is 4.67. The zero-order chi connectivity index (χ0) is 13.8. The molecule has 0 bridgehead atoms. The van der Waals surface area contributed by atoms with Crippen LogP contribution in [0.1, 0.15) is 45.5 Å². The maximum Gasteiger partial charge on any atom is 0.107 e. The van der Waals surface area contributed by atoms with Gasteiger partial charge in [0.05, 0.1) is 11.0 Å². The van der Waals surface area contributed by atoms with Crippen LogP contribution in [0.25, 0.3) is 11.0 Å². The molecule has 0 spiro atoms. The molecular formula is C16H25N3. The summed E-state index contributed by atoms with van der Waals surface area (Å²) in [6.07, 6.45) is 2.31. The molecule has 2 unspecified atom stereocenters. The van der Waals surface area contributed by atoms with Gasteiger partial charge in [-0.1, -0.05) is 26.0 Å². The largest absolute Gasteiger partial charge is 0.324 e. The topological polar surface area (TPSA) is 29.9 Å². The number of nitrogens with one attached hydrogen (secondary N) is 1. The van der Waals surface area contributed by atoms with Gasteiger partial charge in [-0.3, -0.25) is 0 Å². The first-order valence-electron chi connectivity index (χ1n) is 7.36. The number of fused-ring (bicyclic) bond motifs is 1. The van der Waals surface area contributed by atoms with Crippen LogP contribution in [0.15, 0.2) is 24.3 Å². The average Bonchev–Trinajstić information content (AvgIpc) is 2.75. The second-order valence-corrected chi connectivity index (χ2v) is 5.23. The van der Waals surface area contributed by atoms with Crippen molar-refractivity contribution in [3.8, 4) is 0 Å². The Morgan fingerprint density at radius 1 is 1.26 bits per heavy atom. The summed E-state index contributed by atoms with van der Waals surface area (Å²) in [6.45, 7) is 9.93. The molecule has 1 aromatic carbocycles. The van der Waals surface area contributed by atoms with Crippen LogP contribution in [0.5, 0.6) is 0 Å². The van der Waals surface area contributed by atoms with Crippen LogP contribution < -0.4 is 5.32 Å². The number of imidazole rings is 1. The number of hydrogen-bond donors (Lipinski definition) is 1. The third kappa shape index (κ3) is 2.81. The zero-order valence-electron chi connectivity index (χ0n) is 12.5. The number of hydrogen-bond acceptors (Lipinski definition) is 2. The van der Waals surface area contributed by atoms with E-state index in [0.29, 0.717) is 12.1 Å². The van der Waals surface area contributed by atoms with Crippen molar-refractivity contribution < 1.29 is 0 Å². The van der Waals surface area contributed by atoms with E-state index in [1.807, 2.05) is 0 Å². The Kier molecular flexibility index (Phi) is 4.59. The van der Waals surface area contributed by atoms with E-state index >= 15 is 0 Å². The fraction of sp³-hybridized carbons (Fsp3) is 0.562. The van der Waals surface area contributed by atoms with Crippen LogP contribution >= 0.6 is 0 Å². The number of para-hydroxylation sites is 2. The fourth-order valence-electron chi connectivity index (χ4n) is 2.84. The van der Waals surface area contributed by atoms with Gasteiger partial charge in [-0.05, 0) is 45.4 Å². The molecule has 1 N–H and O–H groups in total. The van der Waals surface area contributed by atoms with E-state index in [2.05, 4.69) is 66.8 Å². The van der Waals surface area contributed by atoms with E-state index in [1.165, 1.54) is 11.9 Å². The van der Waals surface area contributed by atoms with E-state index in [4.69, 9.17) is 0 Å². The van der Waals surface area contributed by atoms with Crippen LogP contribution in [0, 0.1) is 6.92 Å². The van der Waals surface area contributed by atoms with Gasteiger partial charge in [-0.15, -0.1) is 0 Å². The summed E-state index contributed by atoms with van der Waals surface area (Å²) in [5.74, 6) is 1.10. The van der Waals surface area contributed by atoms with Crippen molar-refractivity contribution in [2.24, 2.45) is 0 Å². The molecule has 0 saturated carbocycles. The molecule has 0 fully saturated rings. The number of aromatic nitrogens is 2. The van der Waals surface area contributed by atoms with Crippen LogP contribution in [0.3, 0.4) is 0 Å². The lowest BCUT2D eigenvalue weighted by Crippen LogP contribution is -2.36. The molecule has 1 aromatic heterocycles. The Morgan fingerprint density at radius 3 is 2.68 bits per heavy atom. The van der Waals surface area contributed by atoms with Gasteiger partial charge >= 0.3 is 0 Å². The van der Waals surface area contributed by atoms with E-state index in [0.717, 1.165) is 24.3 Å². The molecule has 3 nitrogen and oxygen atoms in total. The van der Waals surface area contributed by atoms with Gasteiger partial charge in [0.25, 0.3) is 0 Å².